The van der Waals surface area contributed by atoms with Gasteiger partial charge in [-0.25, -0.2) is 30.4 Å². The molecule has 0 aliphatic carbocycles. The van der Waals surface area contributed by atoms with Crippen LogP contribution in [0.25, 0.3) is 0 Å². The summed E-state index contributed by atoms with van der Waals surface area (Å²) in [5.41, 5.74) is -0.521. The van der Waals surface area contributed by atoms with Gasteiger partial charge in [0, 0.05) is 5.56 Å². The number of fused-ring (bicyclic) bond motifs is 2. The monoisotopic (exact) mass is 338 g/mol. The SMILES string of the molecule is O=S1(=O)C2C=C(Cc3c(F)c(F)c(F)c(F)c3F)CC1CC2. The van der Waals surface area contributed by atoms with E-state index in [9.17, 15) is 30.4 Å². The van der Waals surface area contributed by atoms with Crippen LogP contribution in [0, 0.1) is 29.1 Å². The van der Waals surface area contributed by atoms with E-state index in [1.807, 2.05) is 0 Å². The molecule has 0 amide bonds. The molecule has 3 rings (SSSR count). The zero-order valence-electron chi connectivity index (χ0n) is 11.2. The Morgan fingerprint density at radius 1 is 0.909 bits per heavy atom. The number of hydrogen-bond acceptors (Lipinski definition) is 2. The van der Waals surface area contributed by atoms with Crippen molar-refractivity contribution in [3.8, 4) is 0 Å². The zero-order valence-corrected chi connectivity index (χ0v) is 12.0. The van der Waals surface area contributed by atoms with Crippen molar-refractivity contribution >= 4 is 9.84 Å². The maximum Gasteiger partial charge on any atom is 0.200 e. The minimum Gasteiger partial charge on any atom is -0.228 e. The molecule has 1 aromatic rings. The first-order valence-corrected chi connectivity index (χ1v) is 8.27. The molecule has 120 valence electrons. The Hall–Kier alpha value is -1.44. The molecule has 0 spiro atoms. The van der Waals surface area contributed by atoms with Crippen molar-refractivity contribution in [3.05, 3.63) is 46.3 Å². The van der Waals surface area contributed by atoms with Crippen LogP contribution in [0.3, 0.4) is 0 Å². The number of benzene rings is 1. The molecule has 2 aliphatic heterocycles. The Kier molecular flexibility index (Phi) is 3.54. The predicted octanol–water partition coefficient (Wildman–Crippen LogP) is 3.20. The van der Waals surface area contributed by atoms with Crippen LogP contribution >= 0.6 is 0 Å². The summed E-state index contributed by atoms with van der Waals surface area (Å²) in [6, 6.07) is 0. The minimum absolute atomic E-state index is 0.0678. The topological polar surface area (TPSA) is 34.1 Å². The van der Waals surface area contributed by atoms with Gasteiger partial charge in [-0.1, -0.05) is 11.6 Å². The lowest BCUT2D eigenvalue weighted by molar-refractivity contribution is 0.371. The van der Waals surface area contributed by atoms with Crippen LogP contribution in [0.2, 0.25) is 0 Å². The summed E-state index contributed by atoms with van der Waals surface area (Å²) in [4.78, 5) is 0. The summed E-state index contributed by atoms with van der Waals surface area (Å²) in [5.74, 6) is -9.89. The maximum absolute atomic E-state index is 13.7. The number of halogens is 5. The largest absolute Gasteiger partial charge is 0.228 e. The Morgan fingerprint density at radius 3 is 2.00 bits per heavy atom. The molecule has 1 aromatic carbocycles. The molecule has 8 heteroatoms. The average Bonchev–Trinajstić information content (AvgIpc) is 2.68. The quantitative estimate of drug-likeness (QED) is 0.359. The fourth-order valence-corrected chi connectivity index (χ4v) is 5.36. The van der Waals surface area contributed by atoms with E-state index in [0.29, 0.717) is 18.4 Å². The second-order valence-electron chi connectivity index (χ2n) is 5.58. The maximum atomic E-state index is 13.7. The van der Waals surface area contributed by atoms with Gasteiger partial charge in [-0.2, -0.15) is 0 Å². The highest BCUT2D eigenvalue weighted by Crippen LogP contribution is 2.39. The van der Waals surface area contributed by atoms with Gasteiger partial charge >= 0.3 is 0 Å². The Labute approximate surface area is 123 Å². The fraction of sp³-hybridized carbons (Fsp3) is 0.429. The van der Waals surface area contributed by atoms with Crippen LogP contribution in [0.15, 0.2) is 11.6 Å². The highest BCUT2D eigenvalue weighted by atomic mass is 32.2. The smallest absolute Gasteiger partial charge is 0.200 e. The molecule has 2 heterocycles. The molecule has 1 fully saturated rings. The number of allylic oxidation sites excluding steroid dienone is 1. The molecule has 1 saturated heterocycles. The molecule has 2 atom stereocenters. The third-order valence-corrected chi connectivity index (χ3v) is 6.82. The van der Waals surface area contributed by atoms with Crippen molar-refractivity contribution in [2.75, 3.05) is 0 Å². The lowest BCUT2D eigenvalue weighted by atomic mass is 9.99. The summed E-state index contributed by atoms with van der Waals surface area (Å²) in [6.45, 7) is 0. The van der Waals surface area contributed by atoms with Crippen molar-refractivity contribution in [1.29, 1.82) is 0 Å². The van der Waals surface area contributed by atoms with Crippen LogP contribution in [-0.2, 0) is 16.3 Å². The normalized spacial score (nSPS) is 26.1. The lowest BCUT2D eigenvalue weighted by Crippen LogP contribution is -2.27. The van der Waals surface area contributed by atoms with Crippen molar-refractivity contribution in [1.82, 2.24) is 0 Å². The summed E-state index contributed by atoms with van der Waals surface area (Å²) in [7, 11) is -3.27. The van der Waals surface area contributed by atoms with Crippen molar-refractivity contribution < 1.29 is 30.4 Å². The van der Waals surface area contributed by atoms with Gasteiger partial charge in [0.2, 0.25) is 5.82 Å². The predicted molar refractivity (Wildman–Crippen MR) is 68.4 cm³/mol. The van der Waals surface area contributed by atoms with Crippen molar-refractivity contribution in [2.45, 2.75) is 36.2 Å². The first-order chi connectivity index (χ1) is 10.2. The Balaban J connectivity index is 1.99. The Bertz CT molecular complexity index is 756. The lowest BCUT2D eigenvalue weighted by Gasteiger charge is -2.21. The molecular weight excluding hydrogens is 327 g/mol. The molecule has 2 aliphatic rings. The van der Waals surface area contributed by atoms with Gasteiger partial charge in [0.15, 0.2) is 33.1 Å². The van der Waals surface area contributed by atoms with E-state index < -0.39 is 61.4 Å². The van der Waals surface area contributed by atoms with E-state index in [1.165, 1.54) is 6.08 Å². The Morgan fingerprint density at radius 2 is 1.45 bits per heavy atom. The highest BCUT2D eigenvalue weighted by Gasteiger charge is 2.43. The van der Waals surface area contributed by atoms with Crippen LogP contribution < -0.4 is 0 Å². The molecule has 0 aromatic heterocycles. The molecule has 0 N–H and O–H groups in total. The molecular formula is C14H11F5O2S. The fourth-order valence-electron chi connectivity index (χ4n) is 3.11. The molecule has 22 heavy (non-hydrogen) atoms. The van der Waals surface area contributed by atoms with Crippen molar-refractivity contribution in [2.24, 2.45) is 0 Å². The van der Waals surface area contributed by atoms with Crippen LogP contribution in [0.5, 0.6) is 0 Å². The van der Waals surface area contributed by atoms with E-state index in [1.54, 1.807) is 0 Å². The van der Waals surface area contributed by atoms with E-state index in [4.69, 9.17) is 0 Å². The zero-order chi connectivity index (χ0) is 16.2. The van der Waals surface area contributed by atoms with Gasteiger partial charge in [0.25, 0.3) is 0 Å². The van der Waals surface area contributed by atoms with E-state index in [-0.39, 0.29) is 6.42 Å². The summed E-state index contributed by atoms with van der Waals surface area (Å²) in [5, 5.41) is -1.35. The van der Waals surface area contributed by atoms with Gasteiger partial charge < -0.3 is 0 Å². The number of rotatable bonds is 2. The molecule has 0 saturated carbocycles. The highest BCUT2D eigenvalue weighted by molar-refractivity contribution is 7.93. The molecule has 2 unspecified atom stereocenters. The minimum atomic E-state index is -3.27. The van der Waals surface area contributed by atoms with Gasteiger partial charge in [-0.3, -0.25) is 0 Å². The van der Waals surface area contributed by atoms with Gasteiger partial charge in [0.05, 0.1) is 10.5 Å². The van der Waals surface area contributed by atoms with Crippen LogP contribution in [0.4, 0.5) is 22.0 Å². The third-order valence-electron chi connectivity index (χ3n) is 4.28. The summed E-state index contributed by atoms with van der Waals surface area (Å²) in [6.07, 6.45) is 1.85. The van der Waals surface area contributed by atoms with Gasteiger partial charge in [-0.05, 0) is 25.7 Å². The first-order valence-electron chi connectivity index (χ1n) is 6.66. The average molecular weight is 338 g/mol. The number of hydrogen-bond donors (Lipinski definition) is 0. The number of sulfone groups is 1. The van der Waals surface area contributed by atoms with E-state index >= 15 is 0 Å². The third kappa shape index (κ3) is 2.15. The molecule has 0 radical (unpaired) electrons. The van der Waals surface area contributed by atoms with Crippen LogP contribution in [0.1, 0.15) is 24.8 Å². The van der Waals surface area contributed by atoms with Gasteiger partial charge in [-0.15, -0.1) is 0 Å². The second kappa shape index (κ2) is 5.04. The standard InChI is InChI=1S/C14H11F5O2S/c15-10-9(11(16)13(18)14(19)12(10)17)5-6-3-7-1-2-8(4-6)22(7,20)21/h3,7-8H,1-2,4-5H2. The molecule has 2 nitrogen and oxygen atoms in total. The van der Waals surface area contributed by atoms with E-state index in [0.717, 1.165) is 0 Å². The van der Waals surface area contributed by atoms with Crippen molar-refractivity contribution in [3.63, 3.8) is 0 Å². The van der Waals surface area contributed by atoms with Gasteiger partial charge in [0.1, 0.15) is 0 Å². The van der Waals surface area contributed by atoms with Crippen LogP contribution in [-0.4, -0.2) is 18.9 Å². The first kappa shape index (κ1) is 15.5. The summed E-state index contributed by atoms with van der Waals surface area (Å²) >= 11 is 0. The second-order valence-corrected chi connectivity index (χ2v) is 8.03. The van der Waals surface area contributed by atoms with E-state index in [2.05, 4.69) is 0 Å². The molecule has 2 bridgehead atoms. The summed E-state index contributed by atoms with van der Waals surface area (Å²) < 4.78 is 90.4.